The Hall–Kier alpha value is -0.610. The number of nitrogens with one attached hydrogen (secondary N) is 2. The smallest absolute Gasteiger partial charge is 0.249 e. The third kappa shape index (κ3) is 2.67. The minimum atomic E-state index is -0.363. The van der Waals surface area contributed by atoms with Crippen LogP contribution in [0.3, 0.4) is 0 Å². The van der Waals surface area contributed by atoms with Crippen LogP contribution in [-0.2, 0) is 9.53 Å². The van der Waals surface area contributed by atoms with Gasteiger partial charge in [-0.25, -0.2) is 0 Å². The standard InChI is InChI=1S/C9H18N2O2/c1-7(13-3)8(12)11-9(2)4-5-10-6-9/h7,10H,4-6H2,1-3H3,(H,11,12). The van der Waals surface area contributed by atoms with Gasteiger partial charge in [-0.05, 0) is 26.8 Å². The molecule has 2 atom stereocenters. The summed E-state index contributed by atoms with van der Waals surface area (Å²) < 4.78 is 4.93. The summed E-state index contributed by atoms with van der Waals surface area (Å²) in [6.07, 6.45) is 0.618. The van der Waals surface area contributed by atoms with Gasteiger partial charge < -0.3 is 15.4 Å². The minimum Gasteiger partial charge on any atom is -0.372 e. The third-order valence-corrected chi connectivity index (χ3v) is 2.52. The molecule has 2 N–H and O–H groups in total. The fourth-order valence-electron chi connectivity index (χ4n) is 1.43. The van der Waals surface area contributed by atoms with Crippen LogP contribution < -0.4 is 10.6 Å². The van der Waals surface area contributed by atoms with E-state index >= 15 is 0 Å². The number of carbonyl (C=O) groups excluding carboxylic acids is 1. The van der Waals surface area contributed by atoms with E-state index in [4.69, 9.17) is 4.74 Å². The van der Waals surface area contributed by atoms with Crippen molar-refractivity contribution in [3.63, 3.8) is 0 Å². The first-order valence-corrected chi connectivity index (χ1v) is 4.63. The van der Waals surface area contributed by atoms with Gasteiger partial charge in [0.15, 0.2) is 0 Å². The molecule has 76 valence electrons. The van der Waals surface area contributed by atoms with E-state index in [0.717, 1.165) is 19.5 Å². The van der Waals surface area contributed by atoms with Gasteiger partial charge >= 0.3 is 0 Å². The predicted octanol–water partition coefficient (Wildman–Crippen LogP) is -0.110. The summed E-state index contributed by atoms with van der Waals surface area (Å²) in [5, 5.41) is 6.20. The van der Waals surface area contributed by atoms with Crippen LogP contribution in [0.15, 0.2) is 0 Å². The van der Waals surface area contributed by atoms with E-state index < -0.39 is 0 Å². The fraction of sp³-hybridized carbons (Fsp3) is 0.889. The van der Waals surface area contributed by atoms with Crippen molar-refractivity contribution < 1.29 is 9.53 Å². The molecule has 1 heterocycles. The number of ether oxygens (including phenoxy) is 1. The second-order valence-corrected chi connectivity index (χ2v) is 3.85. The number of amides is 1. The molecule has 0 radical (unpaired) electrons. The van der Waals surface area contributed by atoms with Gasteiger partial charge in [-0.1, -0.05) is 0 Å². The lowest BCUT2D eigenvalue weighted by atomic mass is 10.0. The molecule has 0 aromatic carbocycles. The number of hydrogen-bond acceptors (Lipinski definition) is 3. The van der Waals surface area contributed by atoms with E-state index in [1.54, 1.807) is 14.0 Å². The number of carbonyl (C=O) groups is 1. The Kier molecular flexibility index (Phi) is 3.27. The van der Waals surface area contributed by atoms with Crippen LogP contribution in [0.5, 0.6) is 0 Å². The maximum Gasteiger partial charge on any atom is 0.249 e. The highest BCUT2D eigenvalue weighted by atomic mass is 16.5. The lowest BCUT2D eigenvalue weighted by Crippen LogP contribution is -2.50. The SMILES string of the molecule is COC(C)C(=O)NC1(C)CCNC1. The summed E-state index contributed by atoms with van der Waals surface area (Å²) in [6, 6.07) is 0. The minimum absolute atomic E-state index is 0.0336. The molecule has 0 aromatic rings. The molecule has 2 unspecified atom stereocenters. The number of rotatable bonds is 3. The van der Waals surface area contributed by atoms with E-state index in [2.05, 4.69) is 10.6 Å². The summed E-state index contributed by atoms with van der Waals surface area (Å²) in [4.78, 5) is 11.5. The molecule has 1 fully saturated rings. The van der Waals surface area contributed by atoms with Crippen molar-refractivity contribution in [2.45, 2.75) is 31.9 Å². The summed E-state index contributed by atoms with van der Waals surface area (Å²) in [5.74, 6) is -0.0336. The molecule has 1 aliphatic heterocycles. The summed E-state index contributed by atoms with van der Waals surface area (Å²) in [6.45, 7) is 5.61. The molecule has 0 saturated carbocycles. The van der Waals surface area contributed by atoms with Gasteiger partial charge in [0, 0.05) is 13.7 Å². The Balaban J connectivity index is 2.43. The lowest BCUT2D eigenvalue weighted by molar-refractivity contribution is -0.131. The van der Waals surface area contributed by atoms with Gasteiger partial charge in [-0.15, -0.1) is 0 Å². The molecule has 13 heavy (non-hydrogen) atoms. The lowest BCUT2D eigenvalue weighted by Gasteiger charge is -2.25. The molecule has 1 rings (SSSR count). The van der Waals surface area contributed by atoms with Crippen LogP contribution in [-0.4, -0.2) is 37.7 Å². The largest absolute Gasteiger partial charge is 0.372 e. The molecule has 1 amide bonds. The van der Waals surface area contributed by atoms with Crippen LogP contribution in [0, 0.1) is 0 Å². The normalized spacial score (nSPS) is 30.1. The zero-order chi connectivity index (χ0) is 9.90. The maximum absolute atomic E-state index is 11.5. The average molecular weight is 186 g/mol. The summed E-state index contributed by atoms with van der Waals surface area (Å²) in [5.41, 5.74) is -0.0934. The first-order valence-electron chi connectivity index (χ1n) is 4.63. The molecular formula is C9H18N2O2. The van der Waals surface area contributed by atoms with Gasteiger partial charge in [0.1, 0.15) is 6.10 Å². The second-order valence-electron chi connectivity index (χ2n) is 3.85. The van der Waals surface area contributed by atoms with Crippen LogP contribution in [0.1, 0.15) is 20.3 Å². The average Bonchev–Trinajstić information content (AvgIpc) is 2.50. The Bertz CT molecular complexity index is 188. The van der Waals surface area contributed by atoms with Crippen LogP contribution in [0.2, 0.25) is 0 Å². The molecular weight excluding hydrogens is 168 g/mol. The number of methoxy groups -OCH3 is 1. The fourth-order valence-corrected chi connectivity index (χ4v) is 1.43. The van der Waals surface area contributed by atoms with Crippen molar-refractivity contribution in [2.24, 2.45) is 0 Å². The van der Waals surface area contributed by atoms with Crippen LogP contribution in [0.4, 0.5) is 0 Å². The maximum atomic E-state index is 11.5. The van der Waals surface area contributed by atoms with Gasteiger partial charge in [0.05, 0.1) is 5.54 Å². The van der Waals surface area contributed by atoms with Crippen molar-refractivity contribution in [1.82, 2.24) is 10.6 Å². The second kappa shape index (κ2) is 4.07. The van der Waals surface area contributed by atoms with Crippen molar-refractivity contribution in [2.75, 3.05) is 20.2 Å². The molecule has 4 heteroatoms. The van der Waals surface area contributed by atoms with E-state index in [1.807, 2.05) is 6.92 Å². The highest BCUT2D eigenvalue weighted by Gasteiger charge is 2.31. The molecule has 0 bridgehead atoms. The topological polar surface area (TPSA) is 50.4 Å². The predicted molar refractivity (Wildman–Crippen MR) is 50.5 cm³/mol. The molecule has 0 aromatic heterocycles. The van der Waals surface area contributed by atoms with E-state index in [0.29, 0.717) is 0 Å². The Morgan fingerprint density at radius 1 is 1.69 bits per heavy atom. The zero-order valence-corrected chi connectivity index (χ0v) is 8.52. The van der Waals surface area contributed by atoms with Crippen LogP contribution in [0.25, 0.3) is 0 Å². The zero-order valence-electron chi connectivity index (χ0n) is 8.52. The van der Waals surface area contributed by atoms with E-state index in [-0.39, 0.29) is 17.6 Å². The van der Waals surface area contributed by atoms with Crippen molar-refractivity contribution >= 4 is 5.91 Å². The first kappa shape index (κ1) is 10.5. The molecule has 0 spiro atoms. The molecule has 1 aliphatic rings. The molecule has 4 nitrogen and oxygen atoms in total. The van der Waals surface area contributed by atoms with Crippen LogP contribution >= 0.6 is 0 Å². The van der Waals surface area contributed by atoms with Crippen molar-refractivity contribution in [1.29, 1.82) is 0 Å². The van der Waals surface area contributed by atoms with E-state index in [9.17, 15) is 4.79 Å². The monoisotopic (exact) mass is 186 g/mol. The van der Waals surface area contributed by atoms with Crippen molar-refractivity contribution in [3.05, 3.63) is 0 Å². The molecule has 0 aliphatic carbocycles. The summed E-state index contributed by atoms with van der Waals surface area (Å²) >= 11 is 0. The first-order chi connectivity index (χ1) is 6.07. The molecule has 1 saturated heterocycles. The van der Waals surface area contributed by atoms with Gasteiger partial charge in [-0.3, -0.25) is 4.79 Å². The van der Waals surface area contributed by atoms with Crippen molar-refractivity contribution in [3.8, 4) is 0 Å². The van der Waals surface area contributed by atoms with E-state index in [1.165, 1.54) is 0 Å². The Morgan fingerprint density at radius 3 is 2.85 bits per heavy atom. The van der Waals surface area contributed by atoms with Gasteiger partial charge in [0.25, 0.3) is 0 Å². The van der Waals surface area contributed by atoms with Gasteiger partial charge in [0.2, 0.25) is 5.91 Å². The quantitative estimate of drug-likeness (QED) is 0.646. The highest BCUT2D eigenvalue weighted by molar-refractivity contribution is 5.81. The Morgan fingerprint density at radius 2 is 2.38 bits per heavy atom. The van der Waals surface area contributed by atoms with Gasteiger partial charge in [-0.2, -0.15) is 0 Å². The summed E-state index contributed by atoms with van der Waals surface area (Å²) in [7, 11) is 1.54. The highest BCUT2D eigenvalue weighted by Crippen LogP contribution is 2.13. The third-order valence-electron chi connectivity index (χ3n) is 2.52. The Labute approximate surface area is 79.0 Å². The number of hydrogen-bond donors (Lipinski definition) is 2.